The van der Waals surface area contributed by atoms with Crippen LogP contribution in [0.15, 0.2) is 35.2 Å². The molecule has 1 aliphatic rings. The van der Waals surface area contributed by atoms with E-state index in [1.807, 2.05) is 49.1 Å². The van der Waals surface area contributed by atoms with Crippen LogP contribution in [-0.4, -0.2) is 34.9 Å². The van der Waals surface area contributed by atoms with E-state index in [4.69, 9.17) is 4.74 Å². The quantitative estimate of drug-likeness (QED) is 0.797. The first-order valence-corrected chi connectivity index (χ1v) is 8.04. The molecular weight excluding hydrogens is 270 g/mol. The van der Waals surface area contributed by atoms with Crippen molar-refractivity contribution < 1.29 is 9.53 Å². The second-order valence-electron chi connectivity index (χ2n) is 5.93. The molecular formula is C16H23NO2S. The molecule has 0 saturated carbocycles. The van der Waals surface area contributed by atoms with E-state index in [0.29, 0.717) is 18.3 Å². The maximum absolute atomic E-state index is 12.6. The van der Waals surface area contributed by atoms with Crippen LogP contribution in [0.1, 0.15) is 27.7 Å². The molecule has 1 aliphatic heterocycles. The molecule has 1 aromatic rings. The first kappa shape index (κ1) is 15.4. The third-order valence-corrected chi connectivity index (χ3v) is 4.66. The normalized spacial score (nSPS) is 21.4. The Bertz CT molecular complexity index is 459. The van der Waals surface area contributed by atoms with E-state index in [2.05, 4.69) is 13.8 Å². The van der Waals surface area contributed by atoms with Gasteiger partial charge in [-0.1, -0.05) is 32.0 Å². The van der Waals surface area contributed by atoms with Crippen molar-refractivity contribution in [3.8, 4) is 0 Å². The number of rotatable bonds is 4. The minimum Gasteiger partial charge on any atom is -0.354 e. The molecule has 20 heavy (non-hydrogen) atoms. The van der Waals surface area contributed by atoms with Crippen LogP contribution in [0, 0.1) is 5.92 Å². The molecule has 3 nitrogen and oxygen atoms in total. The van der Waals surface area contributed by atoms with Gasteiger partial charge >= 0.3 is 0 Å². The minimum atomic E-state index is -0.497. The topological polar surface area (TPSA) is 29.5 Å². The molecule has 0 radical (unpaired) electrons. The SMILES string of the molecule is CC(C)C1COC(C)(C)N1C(=O)CSc1ccccc1. The summed E-state index contributed by atoms with van der Waals surface area (Å²) < 4.78 is 5.80. The third-order valence-electron chi connectivity index (χ3n) is 3.66. The number of hydrogen-bond donors (Lipinski definition) is 0. The average molecular weight is 293 g/mol. The highest BCUT2D eigenvalue weighted by molar-refractivity contribution is 8.00. The fourth-order valence-electron chi connectivity index (χ4n) is 2.54. The lowest BCUT2D eigenvalue weighted by atomic mass is 10.0. The Hall–Kier alpha value is -1.00. The van der Waals surface area contributed by atoms with E-state index in [1.165, 1.54) is 0 Å². The number of carbonyl (C=O) groups excluding carboxylic acids is 1. The van der Waals surface area contributed by atoms with Crippen molar-refractivity contribution in [1.29, 1.82) is 0 Å². The zero-order valence-electron chi connectivity index (χ0n) is 12.6. The molecule has 1 atom stereocenters. The number of thioether (sulfide) groups is 1. The lowest BCUT2D eigenvalue weighted by molar-refractivity contribution is -0.143. The fourth-order valence-corrected chi connectivity index (χ4v) is 3.32. The van der Waals surface area contributed by atoms with Gasteiger partial charge in [-0.15, -0.1) is 11.8 Å². The van der Waals surface area contributed by atoms with Crippen LogP contribution in [0.3, 0.4) is 0 Å². The molecule has 0 aliphatic carbocycles. The Morgan fingerprint density at radius 2 is 2.05 bits per heavy atom. The molecule has 2 rings (SSSR count). The molecule has 0 aromatic heterocycles. The van der Waals surface area contributed by atoms with Crippen LogP contribution in [0.5, 0.6) is 0 Å². The van der Waals surface area contributed by atoms with Crippen molar-refractivity contribution in [3.05, 3.63) is 30.3 Å². The van der Waals surface area contributed by atoms with Gasteiger partial charge in [-0.3, -0.25) is 4.79 Å². The Labute approximate surface area is 125 Å². The smallest absolute Gasteiger partial charge is 0.235 e. The molecule has 110 valence electrons. The standard InChI is InChI=1S/C16H23NO2S/c1-12(2)14-10-19-16(3,4)17(14)15(18)11-20-13-8-6-5-7-9-13/h5-9,12,14H,10-11H2,1-4H3. The summed E-state index contributed by atoms with van der Waals surface area (Å²) in [5.41, 5.74) is -0.497. The fraction of sp³-hybridized carbons (Fsp3) is 0.562. The maximum atomic E-state index is 12.6. The molecule has 0 spiro atoms. The molecule has 1 fully saturated rings. The van der Waals surface area contributed by atoms with E-state index in [0.717, 1.165) is 4.90 Å². The Balaban J connectivity index is 2.03. The van der Waals surface area contributed by atoms with Crippen molar-refractivity contribution >= 4 is 17.7 Å². The summed E-state index contributed by atoms with van der Waals surface area (Å²) in [6.07, 6.45) is 0. The highest BCUT2D eigenvalue weighted by atomic mass is 32.2. The number of ether oxygens (including phenoxy) is 1. The van der Waals surface area contributed by atoms with Crippen molar-refractivity contribution in [2.24, 2.45) is 5.92 Å². The van der Waals surface area contributed by atoms with Crippen molar-refractivity contribution in [2.45, 2.75) is 44.4 Å². The summed E-state index contributed by atoms with van der Waals surface area (Å²) in [4.78, 5) is 15.6. The minimum absolute atomic E-state index is 0.153. The van der Waals surface area contributed by atoms with Crippen molar-refractivity contribution in [1.82, 2.24) is 4.90 Å². The Morgan fingerprint density at radius 1 is 1.40 bits per heavy atom. The Kier molecular flexibility index (Phi) is 4.76. The monoisotopic (exact) mass is 293 g/mol. The third kappa shape index (κ3) is 3.36. The number of hydrogen-bond acceptors (Lipinski definition) is 3. The van der Waals surface area contributed by atoms with Gasteiger partial charge in [-0.2, -0.15) is 0 Å². The molecule has 0 N–H and O–H groups in total. The first-order valence-electron chi connectivity index (χ1n) is 7.06. The van der Waals surface area contributed by atoms with Crippen LogP contribution in [0.4, 0.5) is 0 Å². The van der Waals surface area contributed by atoms with E-state index in [-0.39, 0.29) is 11.9 Å². The Morgan fingerprint density at radius 3 is 2.65 bits per heavy atom. The predicted octanol–water partition coefficient (Wildman–Crippen LogP) is 3.40. The van der Waals surface area contributed by atoms with Crippen molar-refractivity contribution in [2.75, 3.05) is 12.4 Å². The number of benzene rings is 1. The molecule has 1 amide bonds. The molecule has 1 saturated heterocycles. The van der Waals surface area contributed by atoms with Crippen LogP contribution < -0.4 is 0 Å². The van der Waals surface area contributed by atoms with Gasteiger partial charge in [0.15, 0.2) is 0 Å². The molecule has 4 heteroatoms. The van der Waals surface area contributed by atoms with Gasteiger partial charge in [0.1, 0.15) is 5.72 Å². The van der Waals surface area contributed by atoms with Crippen LogP contribution in [0.2, 0.25) is 0 Å². The van der Waals surface area contributed by atoms with Gasteiger partial charge in [0.05, 0.1) is 18.4 Å². The number of amides is 1. The molecule has 1 heterocycles. The number of carbonyl (C=O) groups is 1. The van der Waals surface area contributed by atoms with Crippen molar-refractivity contribution in [3.63, 3.8) is 0 Å². The molecule has 0 bridgehead atoms. The lowest BCUT2D eigenvalue weighted by Crippen LogP contribution is -2.50. The summed E-state index contributed by atoms with van der Waals surface area (Å²) in [6.45, 7) is 8.85. The van der Waals surface area contributed by atoms with Crippen LogP contribution >= 0.6 is 11.8 Å². The second-order valence-corrected chi connectivity index (χ2v) is 6.98. The van der Waals surface area contributed by atoms with Gasteiger partial charge in [-0.25, -0.2) is 0 Å². The zero-order chi connectivity index (χ0) is 14.8. The maximum Gasteiger partial charge on any atom is 0.235 e. The summed E-state index contributed by atoms with van der Waals surface area (Å²) in [5.74, 6) is 1.02. The van der Waals surface area contributed by atoms with Gasteiger partial charge in [-0.05, 0) is 31.9 Å². The first-order chi connectivity index (χ1) is 9.42. The molecule has 1 unspecified atom stereocenters. The largest absolute Gasteiger partial charge is 0.354 e. The zero-order valence-corrected chi connectivity index (χ0v) is 13.4. The average Bonchev–Trinajstić information content (AvgIpc) is 2.73. The highest BCUT2D eigenvalue weighted by Crippen LogP contribution is 2.32. The summed E-state index contributed by atoms with van der Waals surface area (Å²) >= 11 is 1.58. The van der Waals surface area contributed by atoms with E-state index >= 15 is 0 Å². The number of nitrogens with zero attached hydrogens (tertiary/aromatic N) is 1. The van der Waals surface area contributed by atoms with Gasteiger partial charge in [0, 0.05) is 4.90 Å². The van der Waals surface area contributed by atoms with Crippen LogP contribution in [0.25, 0.3) is 0 Å². The lowest BCUT2D eigenvalue weighted by Gasteiger charge is -2.35. The molecule has 1 aromatic carbocycles. The second kappa shape index (κ2) is 6.19. The van der Waals surface area contributed by atoms with Gasteiger partial charge < -0.3 is 9.64 Å². The van der Waals surface area contributed by atoms with Gasteiger partial charge in [0.25, 0.3) is 0 Å². The summed E-state index contributed by atoms with van der Waals surface area (Å²) in [6, 6.07) is 10.2. The van der Waals surface area contributed by atoms with E-state index < -0.39 is 5.72 Å². The highest BCUT2D eigenvalue weighted by Gasteiger charge is 2.44. The van der Waals surface area contributed by atoms with E-state index in [1.54, 1.807) is 11.8 Å². The summed E-state index contributed by atoms with van der Waals surface area (Å²) in [7, 11) is 0. The summed E-state index contributed by atoms with van der Waals surface area (Å²) in [5, 5.41) is 0. The van der Waals surface area contributed by atoms with E-state index in [9.17, 15) is 4.79 Å². The van der Waals surface area contributed by atoms with Crippen LogP contribution in [-0.2, 0) is 9.53 Å². The van der Waals surface area contributed by atoms with Gasteiger partial charge in [0.2, 0.25) is 5.91 Å². The predicted molar refractivity (Wildman–Crippen MR) is 82.7 cm³/mol.